The summed E-state index contributed by atoms with van der Waals surface area (Å²) in [7, 11) is 0. The molecule has 1 saturated carbocycles. The number of aliphatic hydroxyl groups excluding tert-OH is 1. The Morgan fingerprint density at radius 3 is 2.61 bits per heavy atom. The van der Waals surface area contributed by atoms with E-state index in [0.717, 1.165) is 25.9 Å². The van der Waals surface area contributed by atoms with Gasteiger partial charge < -0.3 is 14.9 Å². The summed E-state index contributed by atoms with van der Waals surface area (Å²) in [5, 5.41) is 15.8. The van der Waals surface area contributed by atoms with Crippen LogP contribution in [-0.4, -0.2) is 58.0 Å². The van der Waals surface area contributed by atoms with E-state index in [-0.39, 0.29) is 11.9 Å². The van der Waals surface area contributed by atoms with Crippen LogP contribution in [0.4, 0.5) is 5.69 Å². The smallest absolute Gasteiger partial charge is 0.248 e. The lowest BCUT2D eigenvalue weighted by atomic mass is 10.0. The number of carbonyl (C=O) groups is 1. The minimum Gasteiger partial charge on any atom is -0.387 e. The first-order valence-electron chi connectivity index (χ1n) is 12.4. The molecule has 2 aliphatic rings. The number of hydrogen-bond acceptors (Lipinski definition) is 4. The second-order valence-electron chi connectivity index (χ2n) is 9.42. The SMILES string of the molecule is CCc1nn(C2CCCC2)c2cc(N3CCN(C(=O)CO)[C@@H](Cc4ccccc4)C3)ccc12. The average molecular weight is 447 g/mol. The summed E-state index contributed by atoms with van der Waals surface area (Å²) in [5.41, 5.74) is 4.83. The van der Waals surface area contributed by atoms with Crippen LogP contribution in [-0.2, 0) is 17.6 Å². The third-order valence-corrected chi connectivity index (χ3v) is 7.39. The zero-order valence-corrected chi connectivity index (χ0v) is 19.5. The molecule has 1 aromatic heterocycles. The van der Waals surface area contributed by atoms with E-state index >= 15 is 0 Å². The van der Waals surface area contributed by atoms with E-state index < -0.39 is 6.61 Å². The van der Waals surface area contributed by atoms with E-state index in [4.69, 9.17) is 5.10 Å². The first-order valence-corrected chi connectivity index (χ1v) is 12.4. The molecule has 1 aliphatic heterocycles. The van der Waals surface area contributed by atoms with E-state index in [0.29, 0.717) is 12.6 Å². The van der Waals surface area contributed by atoms with Crippen molar-refractivity contribution in [1.82, 2.24) is 14.7 Å². The van der Waals surface area contributed by atoms with Gasteiger partial charge in [0.2, 0.25) is 5.91 Å². The second kappa shape index (κ2) is 9.56. The number of hydrogen-bond donors (Lipinski definition) is 1. The summed E-state index contributed by atoms with van der Waals surface area (Å²) in [5.74, 6) is -0.182. The van der Waals surface area contributed by atoms with Gasteiger partial charge in [-0.3, -0.25) is 9.48 Å². The Hall–Kier alpha value is -2.86. The van der Waals surface area contributed by atoms with Gasteiger partial charge in [-0.1, -0.05) is 50.1 Å². The number of nitrogens with zero attached hydrogens (tertiary/aromatic N) is 4. The van der Waals surface area contributed by atoms with Gasteiger partial charge in [-0.15, -0.1) is 0 Å². The molecule has 2 heterocycles. The molecule has 2 aromatic carbocycles. The molecule has 5 rings (SSSR count). The lowest BCUT2D eigenvalue weighted by Gasteiger charge is -2.42. The highest BCUT2D eigenvalue weighted by atomic mass is 16.3. The van der Waals surface area contributed by atoms with Gasteiger partial charge in [-0.25, -0.2) is 0 Å². The standard InChI is InChI=1S/C27H34N4O2/c1-2-25-24-13-12-22(17-26(24)31(28-25)21-10-6-7-11-21)29-14-15-30(27(33)19-32)23(18-29)16-20-8-4-3-5-9-20/h3-5,8-9,12-13,17,21,23,32H,2,6-7,10-11,14-16,18-19H2,1H3/t23-/m0/s1. The Kier molecular flexibility index (Phi) is 6.36. The molecule has 174 valence electrons. The first-order chi connectivity index (χ1) is 16.2. The van der Waals surface area contributed by atoms with Gasteiger partial charge in [-0.2, -0.15) is 5.10 Å². The van der Waals surface area contributed by atoms with Gasteiger partial charge in [-0.05, 0) is 49.4 Å². The minimum absolute atomic E-state index is 0.0300. The van der Waals surface area contributed by atoms with Crippen molar-refractivity contribution in [3.63, 3.8) is 0 Å². The van der Waals surface area contributed by atoms with Crippen molar-refractivity contribution >= 4 is 22.5 Å². The fourth-order valence-corrected chi connectivity index (χ4v) is 5.65. The van der Waals surface area contributed by atoms with E-state index in [1.54, 1.807) is 0 Å². The van der Waals surface area contributed by atoms with Crippen LogP contribution < -0.4 is 4.90 Å². The van der Waals surface area contributed by atoms with Crippen molar-refractivity contribution in [3.05, 3.63) is 59.8 Å². The Bertz CT molecular complexity index is 1100. The summed E-state index contributed by atoms with van der Waals surface area (Å²) >= 11 is 0. The Labute approximate surface area is 195 Å². The van der Waals surface area contributed by atoms with Gasteiger partial charge in [0, 0.05) is 30.7 Å². The highest BCUT2D eigenvalue weighted by Crippen LogP contribution is 2.35. The number of fused-ring (bicyclic) bond motifs is 1. The van der Waals surface area contributed by atoms with Crippen LogP contribution in [0.5, 0.6) is 0 Å². The fourth-order valence-electron chi connectivity index (χ4n) is 5.65. The molecule has 0 unspecified atom stereocenters. The van der Waals surface area contributed by atoms with E-state index in [1.807, 2.05) is 23.1 Å². The Morgan fingerprint density at radius 1 is 1.09 bits per heavy atom. The van der Waals surface area contributed by atoms with Gasteiger partial charge in [0.1, 0.15) is 6.61 Å². The van der Waals surface area contributed by atoms with Crippen LogP contribution in [0.1, 0.15) is 49.9 Å². The minimum atomic E-state index is -0.433. The lowest BCUT2D eigenvalue weighted by Crippen LogP contribution is -2.56. The average Bonchev–Trinajstić information content (AvgIpc) is 3.51. The van der Waals surface area contributed by atoms with Crippen LogP contribution in [0.25, 0.3) is 10.9 Å². The van der Waals surface area contributed by atoms with Gasteiger partial charge in [0.15, 0.2) is 0 Å². The maximum Gasteiger partial charge on any atom is 0.248 e. The van der Waals surface area contributed by atoms with E-state index in [1.165, 1.54) is 53.5 Å². The van der Waals surface area contributed by atoms with Crippen molar-refractivity contribution < 1.29 is 9.90 Å². The number of aromatic nitrogens is 2. The summed E-state index contributed by atoms with van der Waals surface area (Å²) < 4.78 is 2.29. The number of benzene rings is 2. The topological polar surface area (TPSA) is 61.6 Å². The van der Waals surface area contributed by atoms with Crippen molar-refractivity contribution in [3.8, 4) is 0 Å². The molecule has 0 spiro atoms. The molecule has 1 amide bonds. The predicted molar refractivity (Wildman–Crippen MR) is 132 cm³/mol. The van der Waals surface area contributed by atoms with Crippen LogP contribution >= 0.6 is 0 Å². The van der Waals surface area contributed by atoms with Gasteiger partial charge in [0.25, 0.3) is 0 Å². The summed E-state index contributed by atoms with van der Waals surface area (Å²) in [6.45, 7) is 3.89. The Balaban J connectivity index is 1.44. The van der Waals surface area contributed by atoms with Gasteiger partial charge >= 0.3 is 0 Å². The molecule has 1 atom stereocenters. The quantitative estimate of drug-likeness (QED) is 0.623. The van der Waals surface area contributed by atoms with Crippen LogP contribution in [0.3, 0.4) is 0 Å². The zero-order valence-electron chi connectivity index (χ0n) is 19.5. The maximum absolute atomic E-state index is 12.5. The molecular formula is C27H34N4O2. The van der Waals surface area contributed by atoms with Gasteiger partial charge in [0.05, 0.1) is 23.3 Å². The number of amides is 1. The highest BCUT2D eigenvalue weighted by molar-refractivity contribution is 5.86. The molecule has 6 nitrogen and oxygen atoms in total. The molecule has 6 heteroatoms. The summed E-state index contributed by atoms with van der Waals surface area (Å²) in [6.07, 6.45) is 6.73. The zero-order chi connectivity index (χ0) is 22.8. The van der Waals surface area contributed by atoms with E-state index in [2.05, 4.69) is 46.8 Å². The molecule has 2 fully saturated rings. The van der Waals surface area contributed by atoms with Crippen LogP contribution in [0.15, 0.2) is 48.5 Å². The molecule has 0 bridgehead atoms. The third kappa shape index (κ3) is 4.36. The normalized spacial score (nSPS) is 19.5. The largest absolute Gasteiger partial charge is 0.387 e. The highest BCUT2D eigenvalue weighted by Gasteiger charge is 2.31. The summed E-state index contributed by atoms with van der Waals surface area (Å²) in [4.78, 5) is 16.7. The molecule has 1 saturated heterocycles. The van der Waals surface area contributed by atoms with Crippen molar-refractivity contribution in [2.75, 3.05) is 31.1 Å². The van der Waals surface area contributed by atoms with Crippen molar-refractivity contribution in [1.29, 1.82) is 0 Å². The van der Waals surface area contributed by atoms with Crippen LogP contribution in [0.2, 0.25) is 0 Å². The molecule has 33 heavy (non-hydrogen) atoms. The van der Waals surface area contributed by atoms with Crippen molar-refractivity contribution in [2.45, 2.75) is 57.5 Å². The molecule has 1 aliphatic carbocycles. The molecule has 0 radical (unpaired) electrons. The molecule has 1 N–H and O–H groups in total. The van der Waals surface area contributed by atoms with Crippen LogP contribution in [0, 0.1) is 0 Å². The maximum atomic E-state index is 12.5. The monoisotopic (exact) mass is 446 g/mol. The molecule has 3 aromatic rings. The second-order valence-corrected chi connectivity index (χ2v) is 9.42. The first kappa shape index (κ1) is 22.0. The van der Waals surface area contributed by atoms with Crippen molar-refractivity contribution in [2.24, 2.45) is 0 Å². The number of anilines is 1. The molecular weight excluding hydrogens is 412 g/mol. The lowest BCUT2D eigenvalue weighted by molar-refractivity contribution is -0.136. The third-order valence-electron chi connectivity index (χ3n) is 7.39. The number of aryl methyl sites for hydroxylation is 1. The number of piperazine rings is 1. The number of aliphatic hydroxyl groups is 1. The summed E-state index contributed by atoms with van der Waals surface area (Å²) in [6, 6.07) is 17.6. The number of rotatable bonds is 6. The predicted octanol–water partition coefficient (Wildman–Crippen LogP) is 3.97. The fraction of sp³-hybridized carbons (Fsp3) is 0.481. The number of carbonyl (C=O) groups excluding carboxylic acids is 1. The van der Waals surface area contributed by atoms with E-state index in [9.17, 15) is 9.90 Å². The Morgan fingerprint density at radius 2 is 1.88 bits per heavy atom.